The van der Waals surface area contributed by atoms with Gasteiger partial charge in [-0.3, -0.25) is 4.98 Å². The van der Waals surface area contributed by atoms with E-state index in [1.807, 2.05) is 0 Å². The highest BCUT2D eigenvalue weighted by molar-refractivity contribution is 5.80. The van der Waals surface area contributed by atoms with Gasteiger partial charge in [-0.05, 0) is 37.1 Å². The summed E-state index contributed by atoms with van der Waals surface area (Å²) in [6, 6.07) is 6.79. The Morgan fingerprint density at radius 1 is 1.15 bits per heavy atom. The number of aromatic nitrogens is 4. The zero-order valence-corrected chi connectivity index (χ0v) is 20.8. The smallest absolute Gasteiger partial charge is 0.265 e. The van der Waals surface area contributed by atoms with E-state index < -0.39 is 29.7 Å². The fourth-order valence-electron chi connectivity index (χ4n) is 4.82. The number of pyridine rings is 1. The van der Waals surface area contributed by atoms with E-state index >= 15 is 0 Å². The van der Waals surface area contributed by atoms with E-state index in [1.165, 1.54) is 30.2 Å². The normalized spacial score (nSPS) is 18.5. The molecule has 1 aromatic carbocycles. The van der Waals surface area contributed by atoms with Crippen molar-refractivity contribution in [1.29, 1.82) is 0 Å². The number of piperidine rings is 1. The van der Waals surface area contributed by atoms with Crippen LogP contribution in [0.5, 0.6) is 5.75 Å². The minimum absolute atomic E-state index is 0.0935. The lowest BCUT2D eigenvalue weighted by atomic mass is 9.84. The molecule has 1 aliphatic heterocycles. The number of aliphatic hydroxyl groups excluding tert-OH is 1. The van der Waals surface area contributed by atoms with Crippen LogP contribution >= 0.6 is 0 Å². The second kappa shape index (κ2) is 10.2. The highest BCUT2D eigenvalue weighted by Gasteiger charge is 2.43. The number of benzene rings is 1. The fourth-order valence-corrected chi connectivity index (χ4v) is 4.82. The third-order valence-electron chi connectivity index (χ3n) is 6.87. The second-order valence-corrected chi connectivity index (χ2v) is 9.38. The Balaban J connectivity index is 1.60. The molecule has 2 atom stereocenters. The van der Waals surface area contributed by atoms with Gasteiger partial charge in [0.15, 0.2) is 17.4 Å². The van der Waals surface area contributed by atoms with E-state index in [0.717, 1.165) is 12.1 Å². The van der Waals surface area contributed by atoms with Gasteiger partial charge in [0.2, 0.25) is 0 Å². The Bertz CT molecular complexity index is 1520. The van der Waals surface area contributed by atoms with Gasteiger partial charge in [-0.2, -0.15) is 5.10 Å². The number of nitrogen functional groups attached to an aromatic ring is 1. The summed E-state index contributed by atoms with van der Waals surface area (Å²) in [6.45, 7) is 0.337. The average Bonchev–Trinajstić information content (AvgIpc) is 3.33. The van der Waals surface area contributed by atoms with Crippen LogP contribution in [0, 0.1) is 11.6 Å². The molecule has 0 aliphatic carbocycles. The Labute approximate surface area is 220 Å². The third-order valence-corrected chi connectivity index (χ3v) is 6.87. The molecule has 0 bridgehead atoms. The zero-order valence-electron chi connectivity index (χ0n) is 20.8. The van der Waals surface area contributed by atoms with Crippen molar-refractivity contribution in [3.8, 4) is 17.0 Å². The molecule has 6 N–H and O–H groups in total. The average molecular weight is 547 g/mol. The van der Waals surface area contributed by atoms with Crippen LogP contribution in [0.3, 0.4) is 0 Å². The maximum absolute atomic E-state index is 14.9. The van der Waals surface area contributed by atoms with Gasteiger partial charge < -0.3 is 31.5 Å². The number of aliphatic hydroxyl groups is 1. The van der Waals surface area contributed by atoms with Crippen LogP contribution in [0.1, 0.15) is 12.8 Å². The van der Waals surface area contributed by atoms with Gasteiger partial charge in [0, 0.05) is 24.7 Å². The van der Waals surface area contributed by atoms with E-state index in [2.05, 4.69) is 20.4 Å². The van der Waals surface area contributed by atoms with Crippen molar-refractivity contribution in [2.75, 3.05) is 36.1 Å². The molecule has 1 fully saturated rings. The van der Waals surface area contributed by atoms with E-state index in [1.54, 1.807) is 17.0 Å². The van der Waals surface area contributed by atoms with Gasteiger partial charge in [0.25, 0.3) is 6.43 Å². The van der Waals surface area contributed by atoms with E-state index in [4.69, 9.17) is 16.2 Å². The third kappa shape index (κ3) is 4.88. The Hall–Kier alpha value is -4.17. The van der Waals surface area contributed by atoms with Crippen LogP contribution < -0.4 is 26.4 Å². The van der Waals surface area contributed by atoms with Crippen molar-refractivity contribution < 1.29 is 27.4 Å². The van der Waals surface area contributed by atoms with Crippen molar-refractivity contribution in [3.63, 3.8) is 0 Å². The fraction of sp³-hybridized carbons (Fsp3) is 0.320. The first-order chi connectivity index (χ1) is 18.6. The summed E-state index contributed by atoms with van der Waals surface area (Å²) in [6.07, 6.45) is -1.73. The van der Waals surface area contributed by atoms with Crippen LogP contribution in [0.2, 0.25) is 0 Å². The van der Waals surface area contributed by atoms with Crippen molar-refractivity contribution >= 4 is 28.5 Å². The minimum atomic E-state index is -3.02. The summed E-state index contributed by atoms with van der Waals surface area (Å²) in [4.78, 5) is 10.0. The highest BCUT2D eigenvalue weighted by atomic mass is 19.3. The van der Waals surface area contributed by atoms with E-state index in [-0.39, 0.29) is 35.8 Å². The first-order valence-corrected chi connectivity index (χ1v) is 12.0. The molecule has 10 nitrogen and oxygen atoms in total. The lowest BCUT2D eigenvalue weighted by Gasteiger charge is -2.44. The van der Waals surface area contributed by atoms with E-state index in [9.17, 15) is 22.7 Å². The summed E-state index contributed by atoms with van der Waals surface area (Å²) in [5, 5.41) is 17.6. The largest absolute Gasteiger partial charge is 0.494 e. The Morgan fingerprint density at radius 2 is 1.95 bits per heavy atom. The molecule has 4 aromatic rings. The molecule has 0 radical (unpaired) electrons. The molecule has 1 saturated heterocycles. The van der Waals surface area contributed by atoms with Gasteiger partial charge in [0.1, 0.15) is 29.6 Å². The SMILES string of the molecule is COc1cc(F)c(-c2cc(Nc3ccc4c(N)ncnn34)c(N3CCC[C@](N)([C@H](O)C(F)F)C3)cn2)cc1F. The van der Waals surface area contributed by atoms with Crippen molar-refractivity contribution in [2.45, 2.75) is 30.9 Å². The predicted octanol–water partition coefficient (Wildman–Crippen LogP) is 3.33. The maximum atomic E-state index is 14.9. The molecule has 14 heteroatoms. The number of anilines is 4. The highest BCUT2D eigenvalue weighted by Crippen LogP contribution is 2.37. The number of rotatable bonds is 7. The molecule has 39 heavy (non-hydrogen) atoms. The van der Waals surface area contributed by atoms with Gasteiger partial charge in [-0.1, -0.05) is 0 Å². The summed E-state index contributed by atoms with van der Waals surface area (Å²) in [7, 11) is 1.23. The molecular weight excluding hydrogens is 520 g/mol. The number of ether oxygens (including phenoxy) is 1. The van der Waals surface area contributed by atoms with Crippen LogP contribution in [0.15, 0.2) is 42.9 Å². The topological polar surface area (TPSA) is 140 Å². The zero-order chi connectivity index (χ0) is 27.9. The lowest BCUT2D eigenvalue weighted by Crippen LogP contribution is -2.63. The quantitative estimate of drug-likeness (QED) is 0.257. The first-order valence-electron chi connectivity index (χ1n) is 12.0. The van der Waals surface area contributed by atoms with E-state index in [0.29, 0.717) is 35.7 Å². The number of nitrogens with one attached hydrogen (secondary N) is 1. The van der Waals surface area contributed by atoms with Crippen molar-refractivity contribution in [2.24, 2.45) is 5.73 Å². The van der Waals surface area contributed by atoms with Crippen molar-refractivity contribution in [1.82, 2.24) is 19.6 Å². The minimum Gasteiger partial charge on any atom is -0.494 e. The number of hydrogen-bond donors (Lipinski definition) is 4. The van der Waals surface area contributed by atoms with Crippen molar-refractivity contribution in [3.05, 3.63) is 54.5 Å². The molecule has 0 unspecified atom stereocenters. The second-order valence-electron chi connectivity index (χ2n) is 9.38. The van der Waals surface area contributed by atoms with Crippen LogP contribution in [0.25, 0.3) is 16.8 Å². The van der Waals surface area contributed by atoms with Gasteiger partial charge in [0.05, 0.1) is 35.9 Å². The maximum Gasteiger partial charge on any atom is 0.265 e. The molecular formula is C25H26F4N8O2. The Morgan fingerprint density at radius 3 is 2.69 bits per heavy atom. The number of alkyl halides is 2. The van der Waals surface area contributed by atoms with Crippen LogP contribution in [0.4, 0.5) is 40.6 Å². The van der Waals surface area contributed by atoms with Gasteiger partial charge in [-0.25, -0.2) is 27.1 Å². The molecule has 0 saturated carbocycles. The molecule has 1 aliphatic rings. The number of nitrogens with zero attached hydrogens (tertiary/aromatic N) is 5. The molecule has 5 rings (SSSR count). The number of nitrogens with two attached hydrogens (primary N) is 2. The Kier molecular flexibility index (Phi) is 6.91. The lowest BCUT2D eigenvalue weighted by molar-refractivity contribution is -0.0529. The van der Waals surface area contributed by atoms with Crippen LogP contribution in [-0.4, -0.2) is 63.0 Å². The molecule has 0 spiro atoms. The molecule has 3 aromatic heterocycles. The predicted molar refractivity (Wildman–Crippen MR) is 137 cm³/mol. The summed E-state index contributed by atoms with van der Waals surface area (Å²) < 4.78 is 62.5. The van der Waals surface area contributed by atoms with Crippen LogP contribution in [-0.2, 0) is 0 Å². The van der Waals surface area contributed by atoms with Gasteiger partial charge in [-0.15, -0.1) is 0 Å². The number of hydrogen-bond acceptors (Lipinski definition) is 9. The first kappa shape index (κ1) is 26.4. The molecule has 4 heterocycles. The summed E-state index contributed by atoms with van der Waals surface area (Å²) in [5.74, 6) is -1.08. The monoisotopic (exact) mass is 546 g/mol. The molecule has 206 valence electrons. The molecule has 0 amide bonds. The number of halogens is 4. The van der Waals surface area contributed by atoms with Gasteiger partial charge >= 0.3 is 0 Å². The number of methoxy groups -OCH3 is 1. The number of fused-ring (bicyclic) bond motifs is 1. The summed E-state index contributed by atoms with van der Waals surface area (Å²) in [5.41, 5.74) is 11.9. The summed E-state index contributed by atoms with van der Waals surface area (Å²) >= 11 is 0. The standard InChI is InChI=1S/C25H26F4N8O2/c1-39-20-8-14(26)13(7-15(20)27)16-9-17(35-21-4-3-18-24(30)33-12-34-37(18)21)19(10-32-16)36-6-2-5-25(31,11-36)22(38)23(28)29/h3-4,7-10,12,22-23,38H,2,5-6,11,31H2,1H3,(H,32,35)(H2,30,33,34)/t22-,25-/m1/s1.